The Kier molecular flexibility index (Phi) is 6.53. The normalized spacial score (nSPS) is 11.0. The van der Waals surface area contributed by atoms with Crippen molar-refractivity contribution in [2.24, 2.45) is 0 Å². The van der Waals surface area contributed by atoms with Crippen LogP contribution >= 0.6 is 11.3 Å². The third kappa shape index (κ3) is 4.69. The van der Waals surface area contributed by atoms with Crippen LogP contribution in [0.5, 0.6) is 5.75 Å². The molecule has 0 aliphatic heterocycles. The van der Waals surface area contributed by atoms with Gasteiger partial charge in [-0.15, -0.1) is 11.3 Å². The molecule has 0 saturated carbocycles. The molecule has 0 bridgehead atoms. The van der Waals surface area contributed by atoms with Gasteiger partial charge >= 0.3 is 5.97 Å². The minimum atomic E-state index is -3.91. The molecule has 0 aliphatic carbocycles. The molecule has 9 heteroatoms. The number of ketones is 1. The van der Waals surface area contributed by atoms with Crippen molar-refractivity contribution in [2.75, 3.05) is 25.1 Å². The number of Topliss-reactive ketones (excluding diaryl/α,β-unsaturated/α-hetero) is 1. The number of methoxy groups -OCH3 is 1. The van der Waals surface area contributed by atoms with Crippen LogP contribution in [-0.2, 0) is 14.8 Å². The summed E-state index contributed by atoms with van der Waals surface area (Å²) in [6.45, 7) is -0.415. The lowest BCUT2D eigenvalue weighted by molar-refractivity contribution is 0.0475. The van der Waals surface area contributed by atoms with E-state index >= 15 is 0 Å². The van der Waals surface area contributed by atoms with Crippen molar-refractivity contribution in [1.82, 2.24) is 0 Å². The number of sulfonamides is 1. The Morgan fingerprint density at radius 3 is 2.40 bits per heavy atom. The van der Waals surface area contributed by atoms with E-state index in [9.17, 15) is 18.0 Å². The topological polar surface area (TPSA) is 90.0 Å². The van der Waals surface area contributed by atoms with E-state index in [-0.39, 0.29) is 16.2 Å². The second-order valence-electron chi connectivity index (χ2n) is 6.18. The number of carbonyl (C=O) groups is 2. The maximum atomic E-state index is 13.0. The van der Waals surface area contributed by atoms with Crippen LogP contribution in [0.4, 0.5) is 5.69 Å². The zero-order chi connectivity index (χ0) is 21.7. The summed E-state index contributed by atoms with van der Waals surface area (Å²) in [6.07, 6.45) is 0. The Hall–Kier alpha value is -3.17. The van der Waals surface area contributed by atoms with Crippen LogP contribution in [-0.4, -0.2) is 40.9 Å². The van der Waals surface area contributed by atoms with Crippen molar-refractivity contribution in [3.8, 4) is 5.75 Å². The Balaban J connectivity index is 1.75. The van der Waals surface area contributed by atoms with Gasteiger partial charge in [-0.25, -0.2) is 13.2 Å². The largest absolute Gasteiger partial charge is 0.497 e. The number of nitrogens with zero attached hydrogens (tertiary/aromatic N) is 1. The Morgan fingerprint density at radius 1 is 1.03 bits per heavy atom. The molecular formula is C21H19NO6S2. The van der Waals surface area contributed by atoms with Crippen molar-refractivity contribution in [3.63, 3.8) is 0 Å². The number of esters is 1. The molecule has 1 aromatic heterocycles. The lowest BCUT2D eigenvalue weighted by Gasteiger charge is -2.20. The number of hydrogen-bond donors (Lipinski definition) is 0. The molecule has 3 aromatic rings. The molecule has 156 valence electrons. The first-order valence-electron chi connectivity index (χ1n) is 8.80. The molecule has 0 amide bonds. The molecule has 30 heavy (non-hydrogen) atoms. The van der Waals surface area contributed by atoms with Crippen LogP contribution in [0.25, 0.3) is 0 Å². The quantitative estimate of drug-likeness (QED) is 0.389. The van der Waals surface area contributed by atoms with E-state index in [1.165, 1.54) is 49.8 Å². The molecule has 0 aliphatic rings. The van der Waals surface area contributed by atoms with Crippen molar-refractivity contribution < 1.29 is 27.5 Å². The summed E-state index contributed by atoms with van der Waals surface area (Å²) in [5.41, 5.74) is 0.475. The highest BCUT2D eigenvalue weighted by atomic mass is 32.2. The summed E-state index contributed by atoms with van der Waals surface area (Å²) in [6, 6.07) is 15.4. The molecule has 0 saturated heterocycles. The van der Waals surface area contributed by atoms with E-state index in [1.807, 2.05) is 0 Å². The molecule has 7 nitrogen and oxygen atoms in total. The fourth-order valence-electron chi connectivity index (χ4n) is 2.60. The lowest BCUT2D eigenvalue weighted by Crippen LogP contribution is -2.26. The van der Waals surface area contributed by atoms with E-state index in [0.717, 1.165) is 4.31 Å². The maximum absolute atomic E-state index is 13.0. The number of hydrogen-bond acceptors (Lipinski definition) is 7. The van der Waals surface area contributed by atoms with Gasteiger partial charge in [0.2, 0.25) is 5.78 Å². The van der Waals surface area contributed by atoms with Gasteiger partial charge in [0.05, 0.1) is 28.1 Å². The van der Waals surface area contributed by atoms with Gasteiger partial charge in [-0.3, -0.25) is 9.10 Å². The van der Waals surface area contributed by atoms with Crippen LogP contribution in [0.1, 0.15) is 20.0 Å². The van der Waals surface area contributed by atoms with Crippen LogP contribution in [0.15, 0.2) is 70.9 Å². The third-order valence-corrected chi connectivity index (χ3v) is 6.99. The Bertz CT molecular complexity index is 1140. The first kappa shape index (κ1) is 21.5. The maximum Gasteiger partial charge on any atom is 0.338 e. The van der Waals surface area contributed by atoms with E-state index < -0.39 is 22.6 Å². The van der Waals surface area contributed by atoms with Gasteiger partial charge in [0.15, 0.2) is 6.61 Å². The smallest absolute Gasteiger partial charge is 0.338 e. The van der Waals surface area contributed by atoms with Crippen LogP contribution in [0.2, 0.25) is 0 Å². The molecule has 2 aromatic carbocycles. The summed E-state index contributed by atoms with van der Waals surface area (Å²) in [5, 5.41) is 1.75. The van der Waals surface area contributed by atoms with Crippen molar-refractivity contribution >= 4 is 38.8 Å². The van der Waals surface area contributed by atoms with E-state index in [1.54, 1.807) is 41.8 Å². The highest BCUT2D eigenvalue weighted by Gasteiger charge is 2.23. The molecule has 0 radical (unpaired) electrons. The predicted octanol–water partition coefficient (Wildman–Crippen LogP) is 3.62. The summed E-state index contributed by atoms with van der Waals surface area (Å²) < 4.78 is 37.2. The highest BCUT2D eigenvalue weighted by molar-refractivity contribution is 7.92. The summed E-state index contributed by atoms with van der Waals surface area (Å²) in [7, 11) is -0.975. The average Bonchev–Trinajstić information content (AvgIpc) is 3.32. The fourth-order valence-corrected chi connectivity index (χ4v) is 4.49. The number of thiophene rings is 1. The van der Waals surface area contributed by atoms with Gasteiger partial charge in [-0.2, -0.15) is 0 Å². The van der Waals surface area contributed by atoms with Gasteiger partial charge in [0.25, 0.3) is 10.0 Å². The van der Waals surface area contributed by atoms with Gasteiger partial charge in [0.1, 0.15) is 5.75 Å². The molecule has 0 spiro atoms. The summed E-state index contributed by atoms with van der Waals surface area (Å²) in [5.74, 6) is -0.489. The Morgan fingerprint density at radius 2 is 1.77 bits per heavy atom. The summed E-state index contributed by atoms with van der Waals surface area (Å²) >= 11 is 1.25. The molecule has 3 rings (SSSR count). The van der Waals surface area contributed by atoms with Crippen LogP contribution in [0, 0.1) is 0 Å². The highest BCUT2D eigenvalue weighted by Crippen LogP contribution is 2.25. The van der Waals surface area contributed by atoms with Crippen LogP contribution < -0.4 is 9.04 Å². The molecular weight excluding hydrogens is 426 g/mol. The Labute approximate surface area is 178 Å². The van der Waals surface area contributed by atoms with Crippen molar-refractivity contribution in [1.29, 1.82) is 0 Å². The number of rotatable bonds is 8. The second kappa shape index (κ2) is 9.10. The second-order valence-corrected chi connectivity index (χ2v) is 9.09. The van der Waals surface area contributed by atoms with Crippen molar-refractivity contribution in [3.05, 3.63) is 76.5 Å². The number of carbonyl (C=O) groups excluding carboxylic acids is 2. The standard InChI is InChI=1S/C21H19NO6S2/c1-22(16-8-10-17(27-2)11-9-16)30(25,26)18-6-3-5-15(13-18)21(24)28-14-19(23)20-7-4-12-29-20/h3-13H,14H2,1-2H3. The first-order chi connectivity index (χ1) is 14.3. The van der Waals surface area contributed by atoms with E-state index in [4.69, 9.17) is 9.47 Å². The average molecular weight is 446 g/mol. The zero-order valence-electron chi connectivity index (χ0n) is 16.3. The number of benzene rings is 2. The molecule has 1 heterocycles. The van der Waals surface area contributed by atoms with Crippen LogP contribution in [0.3, 0.4) is 0 Å². The SMILES string of the molecule is COc1ccc(N(C)S(=O)(=O)c2cccc(C(=O)OCC(=O)c3cccs3)c2)cc1. The lowest BCUT2D eigenvalue weighted by atomic mass is 10.2. The number of ether oxygens (including phenoxy) is 2. The monoisotopic (exact) mass is 445 g/mol. The van der Waals surface area contributed by atoms with Gasteiger partial charge in [-0.1, -0.05) is 12.1 Å². The molecule has 0 N–H and O–H groups in total. The first-order valence-corrected chi connectivity index (χ1v) is 11.1. The van der Waals surface area contributed by atoms with E-state index in [2.05, 4.69) is 0 Å². The zero-order valence-corrected chi connectivity index (χ0v) is 17.9. The fraction of sp³-hybridized carbons (Fsp3) is 0.143. The summed E-state index contributed by atoms with van der Waals surface area (Å²) in [4.78, 5) is 24.7. The minimum Gasteiger partial charge on any atom is -0.497 e. The van der Waals surface area contributed by atoms with Gasteiger partial charge in [0, 0.05) is 7.05 Å². The van der Waals surface area contributed by atoms with Gasteiger partial charge < -0.3 is 9.47 Å². The van der Waals surface area contributed by atoms with E-state index in [0.29, 0.717) is 16.3 Å². The van der Waals surface area contributed by atoms with Gasteiger partial charge in [-0.05, 0) is 53.9 Å². The predicted molar refractivity (Wildman–Crippen MR) is 114 cm³/mol. The number of anilines is 1. The molecule has 0 fully saturated rings. The van der Waals surface area contributed by atoms with Crippen molar-refractivity contribution in [2.45, 2.75) is 4.90 Å². The molecule has 0 unspecified atom stereocenters. The molecule has 0 atom stereocenters. The third-order valence-electron chi connectivity index (χ3n) is 4.29. The minimum absolute atomic E-state index is 0.0400.